The van der Waals surface area contributed by atoms with E-state index in [1.54, 1.807) is 39.7 Å². The molecule has 8 nitrogen and oxygen atoms in total. The number of tetrazole rings is 1. The highest BCUT2D eigenvalue weighted by Crippen LogP contribution is 2.17. The third-order valence-electron chi connectivity index (χ3n) is 4.62. The normalized spacial score (nSPS) is 11.0. The molecule has 2 aromatic heterocycles. The van der Waals surface area contributed by atoms with Crippen molar-refractivity contribution in [1.82, 2.24) is 34.7 Å². The van der Waals surface area contributed by atoms with Crippen LogP contribution in [0.1, 0.15) is 5.56 Å². The molecule has 0 fully saturated rings. The second-order valence-corrected chi connectivity index (χ2v) is 7.52. The SMILES string of the molecule is Cn1c(=O)n(C)c2cc(CNCCSc3nnnn3-c3ccccc3)ccc21.[Cl-]. The van der Waals surface area contributed by atoms with Gasteiger partial charge >= 0.3 is 5.69 Å². The molecule has 4 rings (SSSR count). The number of imidazole rings is 1. The number of nitrogens with zero attached hydrogens (tertiary/aromatic N) is 6. The fourth-order valence-electron chi connectivity index (χ4n) is 3.11. The van der Waals surface area contributed by atoms with Crippen LogP contribution < -0.4 is 23.4 Å². The van der Waals surface area contributed by atoms with E-state index in [-0.39, 0.29) is 18.1 Å². The van der Waals surface area contributed by atoms with E-state index in [9.17, 15) is 4.79 Å². The van der Waals surface area contributed by atoms with Crippen molar-refractivity contribution in [3.63, 3.8) is 0 Å². The lowest BCUT2D eigenvalue weighted by Gasteiger charge is -2.06. The van der Waals surface area contributed by atoms with E-state index in [2.05, 4.69) is 33.0 Å². The van der Waals surface area contributed by atoms with E-state index in [1.165, 1.54) is 0 Å². The Morgan fingerprint density at radius 1 is 1.03 bits per heavy atom. The molecule has 0 aliphatic rings. The number of nitrogens with one attached hydrogen (secondary N) is 1. The number of aromatic nitrogens is 6. The van der Waals surface area contributed by atoms with Gasteiger partial charge in [-0.25, -0.2) is 4.79 Å². The summed E-state index contributed by atoms with van der Waals surface area (Å²) in [6.07, 6.45) is 0. The van der Waals surface area contributed by atoms with Crippen molar-refractivity contribution in [1.29, 1.82) is 0 Å². The summed E-state index contributed by atoms with van der Waals surface area (Å²) in [6.45, 7) is 1.56. The quantitative estimate of drug-likeness (QED) is 0.291. The fraction of sp³-hybridized carbons (Fsp3) is 0.263. The van der Waals surface area contributed by atoms with Crippen LogP contribution in [0.5, 0.6) is 0 Å². The molecule has 0 atom stereocenters. The second-order valence-electron chi connectivity index (χ2n) is 6.46. The maximum Gasteiger partial charge on any atom is 0.328 e. The summed E-state index contributed by atoms with van der Waals surface area (Å²) in [7, 11) is 3.60. The Morgan fingerprint density at radius 2 is 1.79 bits per heavy atom. The van der Waals surface area contributed by atoms with Gasteiger partial charge in [-0.15, -0.1) is 5.10 Å². The molecule has 4 aromatic rings. The van der Waals surface area contributed by atoms with Crippen molar-refractivity contribution in [2.24, 2.45) is 14.1 Å². The number of hydrogen-bond acceptors (Lipinski definition) is 6. The molecule has 0 aliphatic heterocycles. The Labute approximate surface area is 178 Å². The van der Waals surface area contributed by atoms with Crippen molar-refractivity contribution < 1.29 is 12.4 Å². The number of fused-ring (bicyclic) bond motifs is 1. The summed E-state index contributed by atoms with van der Waals surface area (Å²) in [5, 5.41) is 16.2. The molecule has 10 heteroatoms. The molecule has 0 spiro atoms. The second kappa shape index (κ2) is 9.25. The highest BCUT2D eigenvalue weighted by molar-refractivity contribution is 7.99. The van der Waals surface area contributed by atoms with E-state index >= 15 is 0 Å². The van der Waals surface area contributed by atoms with Gasteiger partial charge in [0, 0.05) is 32.9 Å². The average molecular weight is 431 g/mol. The van der Waals surface area contributed by atoms with Crippen LogP contribution in [-0.2, 0) is 20.6 Å². The molecule has 0 saturated carbocycles. The molecule has 0 amide bonds. The van der Waals surface area contributed by atoms with E-state index in [4.69, 9.17) is 0 Å². The molecule has 29 heavy (non-hydrogen) atoms. The molecule has 2 aromatic carbocycles. The zero-order chi connectivity index (χ0) is 19.5. The van der Waals surface area contributed by atoms with Crippen LogP contribution >= 0.6 is 11.8 Å². The van der Waals surface area contributed by atoms with Crippen molar-refractivity contribution in [3.05, 3.63) is 64.6 Å². The van der Waals surface area contributed by atoms with Gasteiger partial charge in [-0.05, 0) is 40.3 Å². The van der Waals surface area contributed by atoms with Gasteiger partial charge in [0.1, 0.15) is 0 Å². The van der Waals surface area contributed by atoms with Crippen LogP contribution in [0.4, 0.5) is 0 Å². The van der Waals surface area contributed by atoms with Gasteiger partial charge in [-0.1, -0.05) is 36.0 Å². The lowest BCUT2D eigenvalue weighted by molar-refractivity contribution is -0.00000592. The van der Waals surface area contributed by atoms with E-state index < -0.39 is 0 Å². The van der Waals surface area contributed by atoms with Crippen LogP contribution in [0.2, 0.25) is 0 Å². The summed E-state index contributed by atoms with van der Waals surface area (Å²) in [6, 6.07) is 16.0. The molecule has 1 N–H and O–H groups in total. The lowest BCUT2D eigenvalue weighted by Crippen LogP contribution is -3.00. The molecule has 152 valence electrons. The topological polar surface area (TPSA) is 82.6 Å². The number of halogens is 1. The molecule has 2 heterocycles. The first kappa shape index (κ1) is 21.1. The number of aryl methyl sites for hydroxylation is 2. The Balaban J connectivity index is 0.00000240. The van der Waals surface area contributed by atoms with Crippen molar-refractivity contribution in [2.45, 2.75) is 11.7 Å². The van der Waals surface area contributed by atoms with Gasteiger partial charge in [0.2, 0.25) is 5.16 Å². The molecule has 0 aliphatic carbocycles. The highest BCUT2D eigenvalue weighted by atomic mass is 35.5. The Kier molecular flexibility index (Phi) is 6.73. The number of rotatable bonds is 7. The minimum atomic E-state index is -0.00681. The standard InChI is InChI=1S/C19H21N7OS.ClH/c1-24-16-9-8-14(12-17(16)25(2)19(24)27)13-20-10-11-28-18-21-22-23-26(18)15-6-4-3-5-7-15;/h3-9,12,20H,10-11,13H2,1-2H3;1H/p-1. The molecule has 0 bridgehead atoms. The van der Waals surface area contributed by atoms with Gasteiger partial charge in [0.05, 0.1) is 16.7 Å². The van der Waals surface area contributed by atoms with Crippen molar-refractivity contribution in [2.75, 3.05) is 12.3 Å². The Morgan fingerprint density at radius 3 is 2.59 bits per heavy atom. The molecular weight excluding hydrogens is 410 g/mol. The number of hydrogen-bond donors (Lipinski definition) is 1. The number of thioether (sulfide) groups is 1. The summed E-state index contributed by atoms with van der Waals surface area (Å²) in [5.74, 6) is 0.847. The molecule has 0 saturated heterocycles. The minimum absolute atomic E-state index is 0. The first-order chi connectivity index (χ1) is 13.6. The van der Waals surface area contributed by atoms with E-state index in [0.717, 1.165) is 46.3 Å². The third kappa shape index (κ3) is 4.36. The first-order valence-corrected chi connectivity index (χ1v) is 9.95. The fourth-order valence-corrected chi connectivity index (χ4v) is 3.90. The monoisotopic (exact) mass is 430 g/mol. The summed E-state index contributed by atoms with van der Waals surface area (Å²) in [4.78, 5) is 12.0. The highest BCUT2D eigenvalue weighted by Gasteiger charge is 2.09. The molecular formula is C19H21ClN7OS-. The van der Waals surface area contributed by atoms with Crippen molar-refractivity contribution >= 4 is 22.8 Å². The number of benzene rings is 2. The number of para-hydroxylation sites is 1. The van der Waals surface area contributed by atoms with Crippen LogP contribution in [0.3, 0.4) is 0 Å². The van der Waals surface area contributed by atoms with Gasteiger partial charge in [-0.3, -0.25) is 9.13 Å². The first-order valence-electron chi connectivity index (χ1n) is 8.97. The predicted octanol–water partition coefficient (Wildman–Crippen LogP) is -1.26. The Bertz CT molecular complexity index is 1150. The van der Waals surface area contributed by atoms with Crippen LogP contribution in [0.15, 0.2) is 58.5 Å². The van der Waals surface area contributed by atoms with Crippen molar-refractivity contribution in [3.8, 4) is 5.69 Å². The Hall–Kier alpha value is -2.62. The third-order valence-corrected chi connectivity index (χ3v) is 5.54. The summed E-state index contributed by atoms with van der Waals surface area (Å²) in [5.41, 5.74) is 3.98. The predicted molar refractivity (Wildman–Crippen MR) is 110 cm³/mol. The maximum atomic E-state index is 12.0. The van der Waals surface area contributed by atoms with Gasteiger partial charge in [-0.2, -0.15) is 4.68 Å². The average Bonchev–Trinajstić information content (AvgIpc) is 3.28. The maximum absolute atomic E-state index is 12.0. The van der Waals surface area contributed by atoms with Crippen LogP contribution in [0.25, 0.3) is 16.7 Å². The van der Waals surface area contributed by atoms with Gasteiger partial charge < -0.3 is 17.7 Å². The summed E-state index contributed by atoms with van der Waals surface area (Å²) >= 11 is 1.61. The smallest absolute Gasteiger partial charge is 0.328 e. The minimum Gasteiger partial charge on any atom is -1.00 e. The summed E-state index contributed by atoms with van der Waals surface area (Å²) < 4.78 is 5.09. The zero-order valence-electron chi connectivity index (χ0n) is 16.1. The largest absolute Gasteiger partial charge is 1.00 e. The molecule has 0 radical (unpaired) electrons. The van der Waals surface area contributed by atoms with Crippen LogP contribution in [0, 0.1) is 0 Å². The van der Waals surface area contributed by atoms with Gasteiger partial charge in [0.15, 0.2) is 0 Å². The molecule has 0 unspecified atom stereocenters. The zero-order valence-corrected chi connectivity index (χ0v) is 17.7. The van der Waals surface area contributed by atoms with E-state index in [1.807, 2.05) is 36.4 Å². The van der Waals surface area contributed by atoms with Gasteiger partial charge in [0.25, 0.3) is 0 Å². The van der Waals surface area contributed by atoms with E-state index in [0.29, 0.717) is 0 Å². The van der Waals surface area contributed by atoms with Crippen LogP contribution in [-0.4, -0.2) is 41.6 Å². The lowest BCUT2D eigenvalue weighted by atomic mass is 10.2.